The van der Waals surface area contributed by atoms with Crippen molar-refractivity contribution in [1.82, 2.24) is 14.8 Å². The first-order valence-electron chi connectivity index (χ1n) is 13.4. The second-order valence-corrected chi connectivity index (χ2v) is 10.4. The molecule has 0 atom stereocenters. The molecule has 10 nitrogen and oxygen atoms in total. The molecule has 0 spiro atoms. The monoisotopic (exact) mass is 597 g/mol. The summed E-state index contributed by atoms with van der Waals surface area (Å²) in [4.78, 5) is 30.5. The van der Waals surface area contributed by atoms with Crippen molar-refractivity contribution in [2.24, 2.45) is 0 Å². The van der Waals surface area contributed by atoms with Gasteiger partial charge in [0.05, 0.1) is 17.6 Å². The van der Waals surface area contributed by atoms with Crippen molar-refractivity contribution in [3.05, 3.63) is 63.5 Å². The molecule has 0 bridgehead atoms. The van der Waals surface area contributed by atoms with E-state index in [-0.39, 0.29) is 47.3 Å². The van der Waals surface area contributed by atoms with Gasteiger partial charge in [0.1, 0.15) is 23.5 Å². The average Bonchev–Trinajstić information content (AvgIpc) is 3.35. The first-order valence-corrected chi connectivity index (χ1v) is 13.4. The van der Waals surface area contributed by atoms with E-state index in [4.69, 9.17) is 9.15 Å². The van der Waals surface area contributed by atoms with E-state index in [1.54, 1.807) is 4.90 Å². The molecule has 1 aliphatic carbocycles. The maximum absolute atomic E-state index is 13.9. The van der Waals surface area contributed by atoms with Crippen LogP contribution in [0.15, 0.2) is 34.7 Å². The zero-order chi connectivity index (χ0) is 30.0. The number of hydrogen-bond acceptors (Lipinski definition) is 8. The van der Waals surface area contributed by atoms with Crippen LogP contribution in [0.3, 0.4) is 0 Å². The second kappa shape index (κ2) is 12.2. The van der Waals surface area contributed by atoms with Crippen LogP contribution >= 0.6 is 0 Å². The molecule has 226 valence electrons. The Morgan fingerprint density at radius 1 is 1.10 bits per heavy atom. The van der Waals surface area contributed by atoms with Crippen LogP contribution in [0.2, 0.25) is 0 Å². The molecule has 0 unspecified atom stereocenters. The van der Waals surface area contributed by atoms with Crippen LogP contribution in [-0.2, 0) is 22.3 Å². The summed E-state index contributed by atoms with van der Waals surface area (Å²) in [5.74, 6) is -1.44. The minimum Gasteiger partial charge on any atom is -0.436 e. The average molecular weight is 598 g/mol. The molecule has 1 saturated carbocycles. The van der Waals surface area contributed by atoms with E-state index in [0.717, 1.165) is 24.3 Å². The van der Waals surface area contributed by atoms with Crippen molar-refractivity contribution in [2.75, 3.05) is 38.1 Å². The number of oxazole rings is 1. The molecule has 5 rings (SSSR count). The summed E-state index contributed by atoms with van der Waals surface area (Å²) in [5, 5.41) is 14.0. The summed E-state index contributed by atoms with van der Waals surface area (Å²) in [7, 11) is 0. The number of ether oxygens (including phenoxy) is 1. The number of nitro benzene ring substituents is 1. The zero-order valence-electron chi connectivity index (χ0n) is 22.3. The minimum absolute atomic E-state index is 0.0873. The van der Waals surface area contributed by atoms with Gasteiger partial charge in [-0.1, -0.05) is 0 Å². The van der Waals surface area contributed by atoms with Gasteiger partial charge in [0.15, 0.2) is 11.4 Å². The fourth-order valence-corrected chi connectivity index (χ4v) is 5.32. The molecule has 2 fully saturated rings. The normalized spacial score (nSPS) is 20.2. The van der Waals surface area contributed by atoms with Crippen LogP contribution in [0.4, 0.5) is 33.3 Å². The zero-order valence-corrected chi connectivity index (χ0v) is 22.3. The first kappa shape index (κ1) is 29.6. The Labute approximate surface area is 236 Å². The fourth-order valence-electron chi connectivity index (χ4n) is 5.32. The van der Waals surface area contributed by atoms with E-state index in [1.807, 2.05) is 4.90 Å². The molecule has 1 amide bonds. The lowest BCUT2D eigenvalue weighted by molar-refractivity contribution is -0.388. The predicted molar refractivity (Wildman–Crippen MR) is 139 cm³/mol. The van der Waals surface area contributed by atoms with E-state index in [2.05, 4.69) is 10.3 Å². The molecule has 2 aromatic carbocycles. The molecule has 1 aromatic heterocycles. The van der Waals surface area contributed by atoms with Gasteiger partial charge in [-0.2, -0.15) is 13.2 Å². The molecule has 2 aliphatic rings. The van der Waals surface area contributed by atoms with Crippen LogP contribution in [-0.4, -0.2) is 70.5 Å². The Hall–Kier alpha value is -3.85. The van der Waals surface area contributed by atoms with Gasteiger partial charge < -0.3 is 19.4 Å². The number of fused-ring (bicyclic) bond motifs is 1. The summed E-state index contributed by atoms with van der Waals surface area (Å²) in [6.07, 6.45) is -2.61. The first-order chi connectivity index (χ1) is 20.0. The highest BCUT2D eigenvalue weighted by molar-refractivity contribution is 5.77. The number of nitrogens with zero attached hydrogens (tertiary/aromatic N) is 4. The topological polar surface area (TPSA) is 114 Å². The molecule has 15 heteroatoms. The van der Waals surface area contributed by atoms with Crippen LogP contribution < -0.4 is 5.32 Å². The summed E-state index contributed by atoms with van der Waals surface area (Å²) < 4.78 is 78.3. The molecule has 3 aromatic rings. The van der Waals surface area contributed by atoms with Crippen LogP contribution in [0.1, 0.15) is 37.1 Å². The third-order valence-corrected chi connectivity index (χ3v) is 7.52. The van der Waals surface area contributed by atoms with Crippen LogP contribution in [0.25, 0.3) is 11.1 Å². The molecule has 1 aliphatic heterocycles. The number of aromatic nitrogens is 1. The summed E-state index contributed by atoms with van der Waals surface area (Å²) in [6.45, 7) is 2.20. The lowest BCUT2D eigenvalue weighted by atomic mass is 9.92. The SMILES string of the molecule is O=C(COC1CCC(Nc2ccc([N+](=O)[O-])c(C(F)(F)F)c2)CC1)N1CCN(Cc2nc3cc(F)cc(F)c3o2)CC1. The maximum atomic E-state index is 13.9. The van der Waals surface area contributed by atoms with Crippen molar-refractivity contribution in [2.45, 2.75) is 50.6 Å². The molecule has 1 N–H and O–H groups in total. The standard InChI is InChI=1S/C27H28F5N5O5/c28-16-11-21(29)26-22(12-16)34-24(42-26)14-35-7-9-36(10-8-35)25(38)15-41-19-4-1-17(2-5-19)33-18-3-6-23(37(39)40)20(13-18)27(30,31)32/h3,6,11-13,17,19,33H,1-2,4-5,7-10,14-15H2. The molecule has 2 heterocycles. The van der Waals surface area contributed by atoms with E-state index in [1.165, 1.54) is 6.07 Å². The molecule has 1 saturated heterocycles. The molecular formula is C27H28F5N5O5. The van der Waals surface area contributed by atoms with Crippen LogP contribution in [0.5, 0.6) is 0 Å². The third-order valence-electron chi connectivity index (χ3n) is 7.52. The van der Waals surface area contributed by atoms with E-state index in [9.17, 15) is 36.9 Å². The Balaban J connectivity index is 1.03. The van der Waals surface area contributed by atoms with Gasteiger partial charge in [-0.3, -0.25) is 19.8 Å². The number of halogens is 5. The number of nitrogens with one attached hydrogen (secondary N) is 1. The van der Waals surface area contributed by atoms with E-state index >= 15 is 0 Å². The van der Waals surface area contributed by atoms with E-state index in [0.29, 0.717) is 58.4 Å². The Morgan fingerprint density at radius 2 is 1.81 bits per heavy atom. The highest BCUT2D eigenvalue weighted by Crippen LogP contribution is 2.38. The van der Waals surface area contributed by atoms with Gasteiger partial charge >= 0.3 is 6.18 Å². The van der Waals surface area contributed by atoms with Gasteiger partial charge in [-0.05, 0) is 37.8 Å². The molecule has 42 heavy (non-hydrogen) atoms. The highest BCUT2D eigenvalue weighted by atomic mass is 19.4. The van der Waals surface area contributed by atoms with E-state index < -0.39 is 34.0 Å². The molecular weight excluding hydrogens is 569 g/mol. The van der Waals surface area contributed by atoms with Gasteiger partial charge in [0.2, 0.25) is 11.8 Å². The summed E-state index contributed by atoms with van der Waals surface area (Å²) in [6, 6.07) is 4.59. The third kappa shape index (κ3) is 6.95. The lowest BCUT2D eigenvalue weighted by Crippen LogP contribution is -2.49. The van der Waals surface area contributed by atoms with Gasteiger partial charge in [-0.25, -0.2) is 13.8 Å². The summed E-state index contributed by atoms with van der Waals surface area (Å²) >= 11 is 0. The van der Waals surface area contributed by atoms with Gasteiger partial charge in [0, 0.05) is 56.1 Å². The number of amides is 1. The summed E-state index contributed by atoms with van der Waals surface area (Å²) in [5.41, 5.74) is -2.12. The van der Waals surface area contributed by atoms with Gasteiger partial charge in [-0.15, -0.1) is 0 Å². The van der Waals surface area contributed by atoms with Crippen LogP contribution in [0, 0.1) is 21.7 Å². The number of alkyl halides is 3. The Morgan fingerprint density at radius 3 is 2.48 bits per heavy atom. The second-order valence-electron chi connectivity index (χ2n) is 10.4. The number of piperazine rings is 1. The Kier molecular flexibility index (Phi) is 8.59. The quantitative estimate of drug-likeness (QED) is 0.216. The predicted octanol–water partition coefficient (Wildman–Crippen LogP) is 5.12. The fraction of sp³-hybridized carbons (Fsp3) is 0.481. The number of nitro groups is 1. The number of rotatable bonds is 8. The van der Waals surface area contributed by atoms with Crippen molar-refractivity contribution in [3.8, 4) is 0 Å². The lowest BCUT2D eigenvalue weighted by Gasteiger charge is -2.34. The number of anilines is 1. The number of benzene rings is 2. The van der Waals surface area contributed by atoms with Gasteiger partial charge in [0.25, 0.3) is 5.69 Å². The number of hydrogen-bond donors (Lipinski definition) is 1. The number of carbonyl (C=O) groups excluding carboxylic acids is 1. The van der Waals surface area contributed by atoms with Crippen molar-refractivity contribution in [1.29, 1.82) is 0 Å². The largest absolute Gasteiger partial charge is 0.436 e. The minimum atomic E-state index is -4.85. The van der Waals surface area contributed by atoms with Crippen molar-refractivity contribution in [3.63, 3.8) is 0 Å². The van der Waals surface area contributed by atoms with Crippen molar-refractivity contribution < 1.29 is 40.8 Å². The smallest absolute Gasteiger partial charge is 0.423 e. The number of carbonyl (C=O) groups is 1. The molecule has 0 radical (unpaired) electrons. The highest BCUT2D eigenvalue weighted by Gasteiger charge is 2.38. The van der Waals surface area contributed by atoms with Crippen molar-refractivity contribution >= 4 is 28.4 Å². The maximum Gasteiger partial charge on any atom is 0.423 e. The Bertz CT molecular complexity index is 1450.